The number of ether oxygens (including phenoxy) is 1. The van der Waals surface area contributed by atoms with Gasteiger partial charge in [-0.25, -0.2) is 4.98 Å². The molecule has 0 saturated heterocycles. The first-order valence-electron chi connectivity index (χ1n) is 6.55. The quantitative estimate of drug-likeness (QED) is 0.834. The van der Waals surface area contributed by atoms with Gasteiger partial charge in [0.2, 0.25) is 0 Å². The second kappa shape index (κ2) is 6.73. The molecule has 0 amide bonds. The standard InChI is InChI=1S/C13H20N2O2S/c1-17-12(16)8-7-11-9-18-13(15-11)14-10-5-3-2-4-6-10/h9-10H,2-8H2,1H3,(H,14,15). The number of methoxy groups -OCH3 is 1. The number of esters is 1. The average Bonchev–Trinajstić information content (AvgIpc) is 2.85. The monoisotopic (exact) mass is 268 g/mol. The third-order valence-corrected chi connectivity index (χ3v) is 4.12. The fourth-order valence-electron chi connectivity index (χ4n) is 2.24. The number of anilines is 1. The van der Waals surface area contributed by atoms with Crippen molar-refractivity contribution in [2.75, 3.05) is 12.4 Å². The lowest BCUT2D eigenvalue weighted by Gasteiger charge is -2.22. The summed E-state index contributed by atoms with van der Waals surface area (Å²) in [5.74, 6) is -0.176. The van der Waals surface area contributed by atoms with Crippen molar-refractivity contribution in [2.45, 2.75) is 51.0 Å². The molecule has 0 spiro atoms. The van der Waals surface area contributed by atoms with Gasteiger partial charge in [0.25, 0.3) is 0 Å². The number of thiazole rings is 1. The van der Waals surface area contributed by atoms with Crippen LogP contribution in [0.3, 0.4) is 0 Å². The molecule has 0 aromatic carbocycles. The lowest BCUT2D eigenvalue weighted by atomic mass is 9.96. The predicted octanol–water partition coefficient (Wildman–Crippen LogP) is 2.99. The van der Waals surface area contributed by atoms with Crippen molar-refractivity contribution in [3.8, 4) is 0 Å². The van der Waals surface area contributed by atoms with E-state index >= 15 is 0 Å². The van der Waals surface area contributed by atoms with E-state index in [1.807, 2.05) is 5.38 Å². The van der Waals surface area contributed by atoms with Gasteiger partial charge in [0.15, 0.2) is 5.13 Å². The minimum absolute atomic E-state index is 0.176. The SMILES string of the molecule is COC(=O)CCc1csc(NC2CCCCC2)n1. The zero-order chi connectivity index (χ0) is 12.8. The second-order valence-corrected chi connectivity index (χ2v) is 5.56. The van der Waals surface area contributed by atoms with Crippen molar-refractivity contribution in [3.05, 3.63) is 11.1 Å². The van der Waals surface area contributed by atoms with E-state index < -0.39 is 0 Å². The highest BCUT2D eigenvalue weighted by Crippen LogP contribution is 2.24. The number of nitrogens with one attached hydrogen (secondary N) is 1. The highest BCUT2D eigenvalue weighted by Gasteiger charge is 2.14. The molecule has 1 aliphatic carbocycles. The van der Waals surface area contributed by atoms with Crippen LogP contribution in [0.5, 0.6) is 0 Å². The van der Waals surface area contributed by atoms with Gasteiger partial charge >= 0.3 is 5.97 Å². The Morgan fingerprint density at radius 3 is 3.00 bits per heavy atom. The van der Waals surface area contributed by atoms with Crippen LogP contribution in [-0.4, -0.2) is 24.1 Å². The molecular weight excluding hydrogens is 248 g/mol. The third-order valence-electron chi connectivity index (χ3n) is 3.30. The summed E-state index contributed by atoms with van der Waals surface area (Å²) in [6, 6.07) is 0.582. The first-order chi connectivity index (χ1) is 8.78. The number of hydrogen-bond acceptors (Lipinski definition) is 5. The number of carbonyl (C=O) groups excluding carboxylic acids is 1. The number of nitrogens with zero attached hydrogens (tertiary/aromatic N) is 1. The van der Waals surface area contributed by atoms with E-state index in [1.54, 1.807) is 11.3 Å². The molecule has 1 aliphatic rings. The fraction of sp³-hybridized carbons (Fsp3) is 0.692. The molecule has 1 fully saturated rings. The van der Waals surface area contributed by atoms with Crippen LogP contribution in [0.2, 0.25) is 0 Å². The molecule has 4 nitrogen and oxygen atoms in total. The van der Waals surface area contributed by atoms with Crippen LogP contribution in [0, 0.1) is 0 Å². The van der Waals surface area contributed by atoms with Crippen molar-refractivity contribution >= 4 is 22.4 Å². The van der Waals surface area contributed by atoms with Gasteiger partial charge in [-0.05, 0) is 12.8 Å². The number of carbonyl (C=O) groups is 1. The molecule has 1 saturated carbocycles. The highest BCUT2D eigenvalue weighted by atomic mass is 32.1. The highest BCUT2D eigenvalue weighted by molar-refractivity contribution is 7.13. The molecular formula is C13H20N2O2S. The van der Waals surface area contributed by atoms with Crippen molar-refractivity contribution < 1.29 is 9.53 Å². The molecule has 18 heavy (non-hydrogen) atoms. The molecule has 0 atom stereocenters. The summed E-state index contributed by atoms with van der Waals surface area (Å²) < 4.78 is 4.62. The smallest absolute Gasteiger partial charge is 0.305 e. The number of aryl methyl sites for hydroxylation is 1. The Kier molecular flexibility index (Phi) is 4.99. The average molecular weight is 268 g/mol. The predicted molar refractivity (Wildman–Crippen MR) is 72.9 cm³/mol. The van der Waals surface area contributed by atoms with E-state index in [1.165, 1.54) is 39.2 Å². The molecule has 0 bridgehead atoms. The van der Waals surface area contributed by atoms with E-state index in [-0.39, 0.29) is 5.97 Å². The molecule has 0 aliphatic heterocycles. The summed E-state index contributed by atoms with van der Waals surface area (Å²) in [4.78, 5) is 15.6. The van der Waals surface area contributed by atoms with Crippen LogP contribution in [0.4, 0.5) is 5.13 Å². The van der Waals surface area contributed by atoms with Gasteiger partial charge in [0.1, 0.15) is 0 Å². The molecule has 0 unspecified atom stereocenters. The van der Waals surface area contributed by atoms with E-state index in [4.69, 9.17) is 0 Å². The van der Waals surface area contributed by atoms with Gasteiger partial charge in [-0.15, -0.1) is 11.3 Å². The first-order valence-corrected chi connectivity index (χ1v) is 7.43. The van der Waals surface area contributed by atoms with Crippen LogP contribution in [0.25, 0.3) is 0 Å². The molecule has 0 radical (unpaired) electrons. The summed E-state index contributed by atoms with van der Waals surface area (Å²) in [7, 11) is 1.42. The Labute approximate surface area is 112 Å². The molecule has 2 rings (SSSR count). The van der Waals surface area contributed by atoms with E-state index in [0.29, 0.717) is 18.9 Å². The van der Waals surface area contributed by atoms with Crippen molar-refractivity contribution in [3.63, 3.8) is 0 Å². The van der Waals surface area contributed by atoms with Crippen molar-refractivity contribution in [1.82, 2.24) is 4.98 Å². The van der Waals surface area contributed by atoms with E-state index in [9.17, 15) is 4.79 Å². The van der Waals surface area contributed by atoms with Gasteiger partial charge in [0.05, 0.1) is 19.2 Å². The fourth-order valence-corrected chi connectivity index (χ4v) is 3.06. The molecule has 1 aromatic heterocycles. The summed E-state index contributed by atoms with van der Waals surface area (Å²) in [6.45, 7) is 0. The van der Waals surface area contributed by atoms with E-state index in [2.05, 4.69) is 15.0 Å². The Balaban J connectivity index is 1.80. The zero-order valence-electron chi connectivity index (χ0n) is 10.8. The largest absolute Gasteiger partial charge is 0.469 e. The molecule has 1 N–H and O–H groups in total. The van der Waals surface area contributed by atoms with Gasteiger partial charge in [-0.2, -0.15) is 0 Å². The van der Waals surface area contributed by atoms with Crippen LogP contribution in [-0.2, 0) is 16.0 Å². The van der Waals surface area contributed by atoms with Crippen molar-refractivity contribution in [2.24, 2.45) is 0 Å². The molecule has 5 heteroatoms. The summed E-state index contributed by atoms with van der Waals surface area (Å²) in [6.07, 6.45) is 7.56. The molecule has 1 heterocycles. The topological polar surface area (TPSA) is 51.2 Å². The number of hydrogen-bond donors (Lipinski definition) is 1. The first kappa shape index (κ1) is 13.3. The van der Waals surface area contributed by atoms with Gasteiger partial charge in [-0.3, -0.25) is 4.79 Å². The van der Waals surface area contributed by atoms with Crippen LogP contribution < -0.4 is 5.32 Å². The Hall–Kier alpha value is -1.10. The van der Waals surface area contributed by atoms with Gasteiger partial charge in [0, 0.05) is 17.8 Å². The zero-order valence-corrected chi connectivity index (χ0v) is 11.6. The number of aromatic nitrogens is 1. The van der Waals surface area contributed by atoms with Crippen molar-refractivity contribution in [1.29, 1.82) is 0 Å². The maximum Gasteiger partial charge on any atom is 0.305 e. The third kappa shape index (κ3) is 3.98. The normalized spacial score (nSPS) is 16.5. The maximum absolute atomic E-state index is 11.0. The lowest BCUT2D eigenvalue weighted by molar-refractivity contribution is -0.140. The second-order valence-electron chi connectivity index (χ2n) is 4.70. The Morgan fingerprint density at radius 2 is 2.28 bits per heavy atom. The summed E-state index contributed by atoms with van der Waals surface area (Å²) >= 11 is 1.63. The minimum atomic E-state index is -0.176. The van der Waals surface area contributed by atoms with E-state index in [0.717, 1.165) is 10.8 Å². The molecule has 100 valence electrons. The molecule has 1 aromatic rings. The Morgan fingerprint density at radius 1 is 1.50 bits per heavy atom. The van der Waals surface area contributed by atoms with Crippen LogP contribution >= 0.6 is 11.3 Å². The van der Waals surface area contributed by atoms with Gasteiger partial charge < -0.3 is 10.1 Å². The van der Waals surface area contributed by atoms with Crippen LogP contribution in [0.1, 0.15) is 44.2 Å². The number of rotatable bonds is 5. The summed E-state index contributed by atoms with van der Waals surface area (Å²) in [5.41, 5.74) is 0.976. The Bertz CT molecular complexity index is 386. The minimum Gasteiger partial charge on any atom is -0.469 e. The maximum atomic E-state index is 11.0. The lowest BCUT2D eigenvalue weighted by Crippen LogP contribution is -2.22. The van der Waals surface area contributed by atoms with Crippen LogP contribution in [0.15, 0.2) is 5.38 Å². The summed E-state index contributed by atoms with van der Waals surface area (Å²) in [5, 5.41) is 6.50. The van der Waals surface area contributed by atoms with Gasteiger partial charge in [-0.1, -0.05) is 19.3 Å².